The Bertz CT molecular complexity index is 944. The van der Waals surface area contributed by atoms with Crippen LogP contribution in [0, 0.1) is 0 Å². The van der Waals surface area contributed by atoms with Gasteiger partial charge in [0.25, 0.3) is 0 Å². The van der Waals surface area contributed by atoms with Gasteiger partial charge in [-0.15, -0.1) is 0 Å². The molecule has 0 aliphatic heterocycles. The summed E-state index contributed by atoms with van der Waals surface area (Å²) in [6.07, 6.45) is 1.94. The van der Waals surface area contributed by atoms with Crippen molar-refractivity contribution in [2.24, 2.45) is 0 Å². The zero-order valence-corrected chi connectivity index (χ0v) is 15.5. The third kappa shape index (κ3) is 5.47. The van der Waals surface area contributed by atoms with Crippen molar-refractivity contribution in [3.05, 3.63) is 83.5 Å². The van der Waals surface area contributed by atoms with E-state index in [0.29, 0.717) is 22.9 Å². The highest BCUT2D eigenvalue weighted by Gasteiger charge is 2.11. The van der Waals surface area contributed by atoms with Crippen LogP contribution in [-0.4, -0.2) is 19.2 Å². The summed E-state index contributed by atoms with van der Waals surface area (Å²) in [5.41, 5.74) is 2.26. The summed E-state index contributed by atoms with van der Waals surface area (Å²) in [4.78, 5) is 4.23. The molecule has 0 bridgehead atoms. The predicted molar refractivity (Wildman–Crippen MR) is 107 cm³/mol. The van der Waals surface area contributed by atoms with Crippen LogP contribution >= 0.6 is 11.6 Å². The number of sulfonamides is 1. The predicted octanol–water partition coefficient (Wildman–Crippen LogP) is 4.46. The van der Waals surface area contributed by atoms with Gasteiger partial charge in [0.15, 0.2) is 0 Å². The number of nitrogens with zero attached hydrogens (tertiary/aromatic N) is 1. The first-order valence-electron chi connectivity index (χ1n) is 8.03. The Morgan fingerprint density at radius 2 is 1.58 bits per heavy atom. The number of pyridine rings is 1. The molecule has 2 N–H and O–H groups in total. The highest BCUT2D eigenvalue weighted by molar-refractivity contribution is 7.92. The van der Waals surface area contributed by atoms with Crippen molar-refractivity contribution >= 4 is 38.8 Å². The second kappa shape index (κ2) is 8.21. The SMILES string of the molecule is O=S(=O)(CCc1ccccc1)Nc1ccc(Nc2ccc(Cl)cc2)nc1. The molecule has 0 saturated heterocycles. The molecule has 0 atom stereocenters. The van der Waals surface area contributed by atoms with Gasteiger partial charge in [-0.05, 0) is 48.4 Å². The maximum Gasteiger partial charge on any atom is 0.233 e. The zero-order chi connectivity index (χ0) is 18.4. The Morgan fingerprint density at radius 3 is 2.23 bits per heavy atom. The standard InChI is InChI=1S/C19H18ClN3O2S/c20-16-6-8-17(9-7-16)22-19-11-10-18(14-21-19)23-26(24,25)13-12-15-4-2-1-3-5-15/h1-11,14,23H,12-13H2,(H,21,22). The van der Waals surface area contributed by atoms with Crippen LogP contribution in [0.5, 0.6) is 0 Å². The highest BCUT2D eigenvalue weighted by Crippen LogP contribution is 2.19. The fourth-order valence-corrected chi connectivity index (χ4v) is 3.55. The normalized spacial score (nSPS) is 11.1. The smallest absolute Gasteiger partial charge is 0.233 e. The van der Waals surface area contributed by atoms with E-state index in [9.17, 15) is 8.42 Å². The van der Waals surface area contributed by atoms with E-state index in [1.165, 1.54) is 6.20 Å². The number of hydrogen-bond acceptors (Lipinski definition) is 4. The van der Waals surface area contributed by atoms with Gasteiger partial charge in [-0.25, -0.2) is 13.4 Å². The third-order valence-electron chi connectivity index (χ3n) is 3.66. The van der Waals surface area contributed by atoms with Gasteiger partial charge in [-0.1, -0.05) is 41.9 Å². The lowest BCUT2D eigenvalue weighted by Gasteiger charge is -2.09. The van der Waals surface area contributed by atoms with Crippen molar-refractivity contribution in [2.75, 3.05) is 15.8 Å². The lowest BCUT2D eigenvalue weighted by Crippen LogP contribution is -2.18. The number of nitrogens with one attached hydrogen (secondary N) is 2. The van der Waals surface area contributed by atoms with Gasteiger partial charge < -0.3 is 5.32 Å². The first-order valence-corrected chi connectivity index (χ1v) is 10.1. The van der Waals surface area contributed by atoms with Gasteiger partial charge in [0.05, 0.1) is 17.6 Å². The molecule has 5 nitrogen and oxygen atoms in total. The molecule has 3 rings (SSSR count). The van der Waals surface area contributed by atoms with Crippen LogP contribution in [-0.2, 0) is 16.4 Å². The Kier molecular flexibility index (Phi) is 5.75. The average Bonchev–Trinajstić information content (AvgIpc) is 2.64. The molecule has 0 aliphatic carbocycles. The molecule has 1 heterocycles. The number of halogens is 1. The molecule has 0 saturated carbocycles. The van der Waals surface area contributed by atoms with Gasteiger partial charge >= 0.3 is 0 Å². The molecule has 2 aromatic carbocycles. The van der Waals surface area contributed by atoms with Crippen molar-refractivity contribution in [1.29, 1.82) is 0 Å². The van der Waals surface area contributed by atoms with E-state index in [1.54, 1.807) is 24.3 Å². The Balaban J connectivity index is 1.58. The summed E-state index contributed by atoms with van der Waals surface area (Å²) in [6, 6.07) is 20.1. The number of aromatic nitrogens is 1. The fraction of sp³-hybridized carbons (Fsp3) is 0.105. The minimum atomic E-state index is -3.43. The van der Waals surface area contributed by atoms with Crippen molar-refractivity contribution in [3.8, 4) is 0 Å². The molecule has 26 heavy (non-hydrogen) atoms. The molecule has 134 valence electrons. The number of hydrogen-bond donors (Lipinski definition) is 2. The van der Waals surface area contributed by atoms with Crippen LogP contribution in [0.25, 0.3) is 0 Å². The van der Waals surface area contributed by atoms with E-state index in [4.69, 9.17) is 11.6 Å². The first kappa shape index (κ1) is 18.2. The summed E-state index contributed by atoms with van der Waals surface area (Å²) < 4.78 is 27.0. The summed E-state index contributed by atoms with van der Waals surface area (Å²) >= 11 is 5.85. The molecule has 1 aromatic heterocycles. The lowest BCUT2D eigenvalue weighted by atomic mass is 10.2. The first-order chi connectivity index (χ1) is 12.5. The fourth-order valence-electron chi connectivity index (χ4n) is 2.34. The molecular weight excluding hydrogens is 370 g/mol. The second-order valence-corrected chi connectivity index (χ2v) is 8.00. The van der Waals surface area contributed by atoms with E-state index in [1.807, 2.05) is 42.5 Å². The molecule has 0 amide bonds. The minimum absolute atomic E-state index is 0.0157. The summed E-state index contributed by atoms with van der Waals surface area (Å²) in [7, 11) is -3.43. The van der Waals surface area contributed by atoms with Crippen LogP contribution in [0.1, 0.15) is 5.56 Å². The Labute approximate surface area is 158 Å². The van der Waals surface area contributed by atoms with E-state index in [-0.39, 0.29) is 5.75 Å². The van der Waals surface area contributed by atoms with Crippen LogP contribution < -0.4 is 10.0 Å². The average molecular weight is 388 g/mol. The molecule has 0 fully saturated rings. The largest absolute Gasteiger partial charge is 0.340 e. The van der Waals surface area contributed by atoms with Crippen molar-refractivity contribution in [3.63, 3.8) is 0 Å². The number of anilines is 3. The molecule has 0 unspecified atom stereocenters. The van der Waals surface area contributed by atoms with Crippen LogP contribution in [0.4, 0.5) is 17.2 Å². The van der Waals surface area contributed by atoms with Gasteiger partial charge in [0, 0.05) is 10.7 Å². The van der Waals surface area contributed by atoms with Crippen LogP contribution in [0.2, 0.25) is 5.02 Å². The van der Waals surface area contributed by atoms with Gasteiger partial charge in [-0.2, -0.15) is 0 Å². The highest BCUT2D eigenvalue weighted by atomic mass is 35.5. The Hall–Kier alpha value is -2.57. The van der Waals surface area contributed by atoms with E-state index < -0.39 is 10.0 Å². The second-order valence-electron chi connectivity index (χ2n) is 5.72. The third-order valence-corrected chi connectivity index (χ3v) is 5.20. The van der Waals surface area contributed by atoms with Crippen molar-refractivity contribution in [1.82, 2.24) is 4.98 Å². The number of rotatable bonds is 7. The quantitative estimate of drug-likeness (QED) is 0.627. The molecule has 0 radical (unpaired) electrons. The number of benzene rings is 2. The summed E-state index contributed by atoms with van der Waals surface area (Å²) in [6.45, 7) is 0. The van der Waals surface area contributed by atoms with Gasteiger partial charge in [0.1, 0.15) is 5.82 Å². The molecule has 3 aromatic rings. The van der Waals surface area contributed by atoms with Crippen LogP contribution in [0.3, 0.4) is 0 Å². The van der Waals surface area contributed by atoms with E-state index in [0.717, 1.165) is 11.3 Å². The summed E-state index contributed by atoms with van der Waals surface area (Å²) in [5.74, 6) is 0.626. The topological polar surface area (TPSA) is 71.1 Å². The maximum absolute atomic E-state index is 12.2. The molecule has 7 heteroatoms. The van der Waals surface area contributed by atoms with Gasteiger partial charge in [0.2, 0.25) is 10.0 Å². The Morgan fingerprint density at radius 1 is 0.885 bits per heavy atom. The van der Waals surface area contributed by atoms with Crippen molar-refractivity contribution in [2.45, 2.75) is 6.42 Å². The van der Waals surface area contributed by atoms with E-state index in [2.05, 4.69) is 15.0 Å². The molecule has 0 spiro atoms. The van der Waals surface area contributed by atoms with Crippen LogP contribution in [0.15, 0.2) is 72.9 Å². The van der Waals surface area contributed by atoms with E-state index >= 15 is 0 Å². The molecular formula is C19H18ClN3O2S. The van der Waals surface area contributed by atoms with Crippen molar-refractivity contribution < 1.29 is 8.42 Å². The monoisotopic (exact) mass is 387 g/mol. The maximum atomic E-state index is 12.2. The number of aryl methyl sites for hydroxylation is 1. The van der Waals surface area contributed by atoms with Gasteiger partial charge in [-0.3, -0.25) is 4.72 Å². The zero-order valence-electron chi connectivity index (χ0n) is 13.9. The minimum Gasteiger partial charge on any atom is -0.340 e. The lowest BCUT2D eigenvalue weighted by molar-refractivity contribution is 0.600. The summed E-state index contributed by atoms with van der Waals surface area (Å²) in [5, 5.41) is 3.78. The molecule has 0 aliphatic rings.